The molecule has 1 N–H and O–H groups in total. The van der Waals surface area contributed by atoms with Gasteiger partial charge in [-0.2, -0.15) is 18.3 Å². The van der Waals surface area contributed by atoms with Gasteiger partial charge in [-0.3, -0.25) is 0 Å². The largest absolute Gasteiger partial charge is 0.569 e. The number of hydrazine groups is 1. The quantitative estimate of drug-likeness (QED) is 0.0712. The molecule has 1 aliphatic heterocycles. The summed E-state index contributed by atoms with van der Waals surface area (Å²) in [6.45, 7) is 4.20. The minimum absolute atomic E-state index is 0.0931. The van der Waals surface area contributed by atoms with Crippen molar-refractivity contribution in [3.63, 3.8) is 0 Å². The fourth-order valence-electron chi connectivity index (χ4n) is 4.42. The fraction of sp³-hybridized carbons (Fsp3) is 0.393. The second kappa shape index (κ2) is 14.6. The van der Waals surface area contributed by atoms with Crippen molar-refractivity contribution in [3.8, 4) is 16.9 Å². The predicted molar refractivity (Wildman–Crippen MR) is 155 cm³/mol. The molecule has 1 aromatic heterocycles. The third-order valence-electron chi connectivity index (χ3n) is 6.62. The molecule has 2 heterocycles. The van der Waals surface area contributed by atoms with Crippen molar-refractivity contribution in [2.75, 3.05) is 19.9 Å². The fourth-order valence-corrected chi connectivity index (χ4v) is 5.31. The van der Waals surface area contributed by atoms with Crippen LogP contribution in [-0.2, 0) is 35.2 Å². The maximum absolute atomic E-state index is 13.5. The second-order valence-electron chi connectivity index (χ2n) is 10.5. The van der Waals surface area contributed by atoms with Gasteiger partial charge in [0, 0.05) is 5.56 Å². The topological polar surface area (TPSA) is 177 Å². The summed E-state index contributed by atoms with van der Waals surface area (Å²) in [7, 11) is -4.46. The Bertz CT molecular complexity index is 1700. The molecule has 1 amide bonds. The summed E-state index contributed by atoms with van der Waals surface area (Å²) in [4.78, 5) is 28.1. The molecule has 0 unspecified atom stereocenters. The van der Waals surface area contributed by atoms with Crippen LogP contribution in [0.25, 0.3) is 16.9 Å². The van der Waals surface area contributed by atoms with Crippen molar-refractivity contribution < 1.29 is 55.2 Å². The average molecular weight is 685 g/mol. The predicted octanol–water partition coefficient (Wildman–Crippen LogP) is 5.07. The molecule has 0 bridgehead atoms. The number of nitrogens with one attached hydrogen (secondary N) is 1. The highest BCUT2D eigenvalue weighted by Crippen LogP contribution is 2.33. The van der Waals surface area contributed by atoms with E-state index in [4.69, 9.17) is 9.47 Å². The lowest BCUT2D eigenvalue weighted by Gasteiger charge is -2.19. The first-order valence-electron chi connectivity index (χ1n) is 14.1. The summed E-state index contributed by atoms with van der Waals surface area (Å²) in [5.41, 5.74) is 0.497. The van der Waals surface area contributed by atoms with Crippen molar-refractivity contribution in [2.24, 2.45) is 5.28 Å². The van der Waals surface area contributed by atoms with E-state index in [0.29, 0.717) is 18.4 Å². The molecule has 3 aromatic rings. The first-order valence-corrected chi connectivity index (χ1v) is 15.6. The number of amides is 1. The van der Waals surface area contributed by atoms with E-state index in [0.717, 1.165) is 33.5 Å². The van der Waals surface area contributed by atoms with Gasteiger partial charge in [-0.05, 0) is 63.9 Å². The normalized spacial score (nSPS) is 15.4. The summed E-state index contributed by atoms with van der Waals surface area (Å²) in [5.74, 6) is 0. The van der Waals surface area contributed by atoms with Gasteiger partial charge in [0.25, 0.3) is 16.8 Å². The summed E-state index contributed by atoms with van der Waals surface area (Å²) in [6, 6.07) is 11.7. The number of hydrogen-bond acceptors (Lipinski definition) is 11. The van der Waals surface area contributed by atoms with Crippen LogP contribution in [0.15, 0.2) is 64.8 Å². The molecule has 0 saturated carbocycles. The molecule has 15 nitrogen and oxygen atoms in total. The minimum Gasteiger partial charge on any atom is -0.569 e. The van der Waals surface area contributed by atoms with Gasteiger partial charge >= 0.3 is 18.4 Å². The summed E-state index contributed by atoms with van der Waals surface area (Å²) in [5, 5.41) is 20.4. The standard InChI is InChI=1S/C28H31F3N6O9S/c1-18(2)46-27(39)44-17-45-34-37(40)35-14-4-5-22(35)16-43-26(38)33-47(41,42)23-12-10-21(11-13-23)36-24(15-25(32-36)28(29,30)31)20-8-6-19(3)7-9-20/h6-13,15,18,22H,4-5,14,16-17H2,1-3H3,(H,33,38)/b37-34-/t22-/m0/s1. The van der Waals surface area contributed by atoms with Gasteiger partial charge in [-0.25, -0.2) is 27.4 Å². The number of halogens is 3. The number of sulfonamides is 1. The molecule has 1 aliphatic rings. The molecule has 1 fully saturated rings. The molecular formula is C28H31F3N6O9S. The zero-order valence-electron chi connectivity index (χ0n) is 25.3. The number of carbonyl (C=O) groups is 2. The Morgan fingerprint density at radius 3 is 2.45 bits per heavy atom. The Morgan fingerprint density at radius 2 is 1.81 bits per heavy atom. The number of hydrogen-bond donors (Lipinski definition) is 1. The van der Waals surface area contributed by atoms with Gasteiger partial charge in [0.1, 0.15) is 12.6 Å². The Balaban J connectivity index is 1.37. The SMILES string of the molecule is Cc1ccc(-c2cc(C(F)(F)F)nn2-c2ccc(S(=O)(=O)NC(=O)OC[C@@H]3CCCN3/[N+]([O-])=N/OCOC(=O)OC(C)C)cc2)cc1. The number of aryl methyl sites for hydroxylation is 1. The highest BCUT2D eigenvalue weighted by atomic mass is 32.2. The number of alkyl halides is 3. The van der Waals surface area contributed by atoms with Gasteiger partial charge in [0.2, 0.25) is 5.28 Å². The van der Waals surface area contributed by atoms with Crippen LogP contribution in [0, 0.1) is 12.1 Å². The Kier molecular flexibility index (Phi) is 10.8. The second-order valence-corrected chi connectivity index (χ2v) is 12.2. The zero-order chi connectivity index (χ0) is 34.4. The van der Waals surface area contributed by atoms with Crippen LogP contribution in [0.4, 0.5) is 22.8 Å². The van der Waals surface area contributed by atoms with Crippen molar-refractivity contribution >= 4 is 22.3 Å². The van der Waals surface area contributed by atoms with E-state index in [1.54, 1.807) is 42.8 Å². The lowest BCUT2D eigenvalue weighted by atomic mass is 10.1. The number of carbonyl (C=O) groups excluding carboxylic acids is 2. The Morgan fingerprint density at radius 1 is 1.13 bits per heavy atom. The molecular weight excluding hydrogens is 653 g/mol. The van der Waals surface area contributed by atoms with E-state index in [-0.39, 0.29) is 34.4 Å². The van der Waals surface area contributed by atoms with Crippen LogP contribution in [0.3, 0.4) is 0 Å². The van der Waals surface area contributed by atoms with Crippen LogP contribution >= 0.6 is 0 Å². The Hall–Kier alpha value is -5.07. The van der Waals surface area contributed by atoms with Crippen LogP contribution < -0.4 is 4.72 Å². The molecule has 1 saturated heterocycles. The molecule has 1 atom stereocenters. The van der Waals surface area contributed by atoms with Crippen molar-refractivity contribution in [1.82, 2.24) is 19.5 Å². The van der Waals surface area contributed by atoms with Gasteiger partial charge < -0.3 is 24.3 Å². The average Bonchev–Trinajstić information content (AvgIpc) is 3.66. The van der Waals surface area contributed by atoms with E-state index in [9.17, 15) is 36.4 Å². The van der Waals surface area contributed by atoms with Crippen LogP contribution in [0.2, 0.25) is 0 Å². The number of rotatable bonds is 11. The zero-order valence-corrected chi connectivity index (χ0v) is 26.2. The summed E-state index contributed by atoms with van der Waals surface area (Å²) in [6.07, 6.45) is -6.55. The molecule has 0 spiro atoms. The molecule has 2 aromatic carbocycles. The molecule has 254 valence electrons. The van der Waals surface area contributed by atoms with Gasteiger partial charge in [-0.15, -0.1) is 5.01 Å². The number of ether oxygens (including phenoxy) is 3. The van der Waals surface area contributed by atoms with Crippen LogP contribution in [0.5, 0.6) is 0 Å². The third-order valence-corrected chi connectivity index (χ3v) is 7.95. The van der Waals surface area contributed by atoms with E-state index < -0.39 is 53.1 Å². The maximum atomic E-state index is 13.5. The van der Waals surface area contributed by atoms with Gasteiger partial charge in [0.05, 0.1) is 33.9 Å². The first-order chi connectivity index (χ1) is 22.1. The minimum atomic E-state index is -4.72. The van der Waals surface area contributed by atoms with Crippen molar-refractivity contribution in [1.29, 1.82) is 0 Å². The number of aromatic nitrogens is 2. The lowest BCUT2D eigenvalue weighted by molar-refractivity contribution is -0.715. The number of benzene rings is 2. The van der Waals surface area contributed by atoms with E-state index in [1.165, 1.54) is 12.1 Å². The number of nitrogens with zero attached hydrogens (tertiary/aromatic N) is 5. The molecule has 19 heteroatoms. The van der Waals surface area contributed by atoms with E-state index in [2.05, 4.69) is 20.0 Å². The molecule has 0 aliphatic carbocycles. The van der Waals surface area contributed by atoms with Gasteiger partial charge in [0.15, 0.2) is 5.69 Å². The first kappa shape index (κ1) is 34.8. The van der Waals surface area contributed by atoms with E-state index in [1.807, 2.05) is 6.92 Å². The molecule has 4 rings (SSSR count). The third kappa shape index (κ3) is 9.24. The Labute approximate surface area is 267 Å². The van der Waals surface area contributed by atoms with Crippen LogP contribution in [-0.4, -0.2) is 72.5 Å². The lowest BCUT2D eigenvalue weighted by Crippen LogP contribution is -2.40. The highest BCUT2D eigenvalue weighted by Gasteiger charge is 2.36. The maximum Gasteiger partial charge on any atom is 0.511 e. The highest BCUT2D eigenvalue weighted by molar-refractivity contribution is 7.90. The van der Waals surface area contributed by atoms with Crippen LogP contribution in [0.1, 0.15) is 37.9 Å². The molecule has 0 radical (unpaired) electrons. The van der Waals surface area contributed by atoms with Crippen molar-refractivity contribution in [3.05, 3.63) is 71.1 Å². The smallest absolute Gasteiger partial charge is 0.511 e. The van der Waals surface area contributed by atoms with Crippen molar-refractivity contribution in [2.45, 2.75) is 56.8 Å². The molecule has 47 heavy (non-hydrogen) atoms. The van der Waals surface area contributed by atoms with E-state index >= 15 is 0 Å². The van der Waals surface area contributed by atoms with Gasteiger partial charge in [-0.1, -0.05) is 29.8 Å². The monoisotopic (exact) mass is 684 g/mol. The summed E-state index contributed by atoms with van der Waals surface area (Å²) >= 11 is 0. The summed E-state index contributed by atoms with van der Waals surface area (Å²) < 4.78 is 83.3.